The lowest BCUT2D eigenvalue weighted by Gasteiger charge is -2.11. The number of hydrogen-bond acceptors (Lipinski definition) is 5. The molecule has 0 aliphatic carbocycles. The van der Waals surface area contributed by atoms with Gasteiger partial charge in [-0.25, -0.2) is 4.99 Å². The lowest BCUT2D eigenvalue weighted by Crippen LogP contribution is -2.36. The van der Waals surface area contributed by atoms with Crippen LogP contribution in [0.25, 0.3) is 0 Å². The lowest BCUT2D eigenvalue weighted by atomic mass is 10.6. The van der Waals surface area contributed by atoms with Gasteiger partial charge in [-0.3, -0.25) is 4.52 Å². The van der Waals surface area contributed by atoms with Crippen molar-refractivity contribution in [3.63, 3.8) is 0 Å². The molecule has 0 saturated carbocycles. The van der Waals surface area contributed by atoms with Crippen molar-refractivity contribution in [1.82, 2.24) is 5.27 Å². The van der Waals surface area contributed by atoms with Gasteiger partial charge in [-0.15, -0.1) is 0 Å². The van der Waals surface area contributed by atoms with Gasteiger partial charge in [-0.2, -0.15) is 13.2 Å². The van der Waals surface area contributed by atoms with Gasteiger partial charge in [-0.05, 0) is 4.68 Å². The average molecular weight is 239 g/mol. The van der Waals surface area contributed by atoms with Crippen LogP contribution >= 0.6 is 0 Å². The molecule has 6 nitrogen and oxygen atoms in total. The molecule has 0 aromatic carbocycles. The van der Waals surface area contributed by atoms with Gasteiger partial charge >= 0.3 is 12.1 Å². The fraction of sp³-hybridized carbons (Fsp3) is 0.571. The van der Waals surface area contributed by atoms with Crippen molar-refractivity contribution in [2.45, 2.75) is 12.7 Å². The SMILES string of the molecule is COCC[n+]1cc(/N=C(\[O-])C(F)(F)F)on1. The molecule has 0 saturated heterocycles. The Morgan fingerprint density at radius 3 is 2.94 bits per heavy atom. The summed E-state index contributed by atoms with van der Waals surface area (Å²) in [5.41, 5.74) is 0. The smallest absolute Gasteiger partial charge is 0.419 e. The molecule has 0 fully saturated rings. The van der Waals surface area contributed by atoms with E-state index in [1.165, 1.54) is 11.8 Å². The van der Waals surface area contributed by atoms with Crippen molar-refractivity contribution < 1.29 is 32.2 Å². The summed E-state index contributed by atoms with van der Waals surface area (Å²) in [7, 11) is 1.46. The molecule has 0 aliphatic heterocycles. The van der Waals surface area contributed by atoms with Crippen molar-refractivity contribution in [2.75, 3.05) is 13.7 Å². The highest BCUT2D eigenvalue weighted by atomic mass is 19.4. The Bertz CT molecular complexity index is 374. The molecular formula is C7H8F3N3O3. The van der Waals surface area contributed by atoms with E-state index >= 15 is 0 Å². The number of methoxy groups -OCH3 is 1. The predicted octanol–water partition coefficient (Wildman–Crippen LogP) is -0.439. The van der Waals surface area contributed by atoms with E-state index in [0.717, 1.165) is 6.20 Å². The summed E-state index contributed by atoms with van der Waals surface area (Å²) in [6, 6.07) is 0. The van der Waals surface area contributed by atoms with Gasteiger partial charge in [-0.1, -0.05) is 0 Å². The minimum atomic E-state index is -5.01. The quantitative estimate of drug-likeness (QED) is 0.405. The minimum Gasteiger partial charge on any atom is -0.855 e. The molecule has 16 heavy (non-hydrogen) atoms. The van der Waals surface area contributed by atoms with Gasteiger partial charge in [0.1, 0.15) is 6.61 Å². The first-order valence-electron chi connectivity index (χ1n) is 4.12. The number of halogens is 3. The van der Waals surface area contributed by atoms with Gasteiger partial charge in [0, 0.05) is 7.11 Å². The highest BCUT2D eigenvalue weighted by molar-refractivity contribution is 5.79. The minimum absolute atomic E-state index is 0.287. The molecule has 0 amide bonds. The van der Waals surface area contributed by atoms with Gasteiger partial charge in [0.05, 0.1) is 5.90 Å². The van der Waals surface area contributed by atoms with E-state index < -0.39 is 18.0 Å². The monoisotopic (exact) mass is 239 g/mol. The summed E-state index contributed by atoms with van der Waals surface area (Å²) in [6.07, 6.45) is -3.94. The second-order valence-corrected chi connectivity index (χ2v) is 2.71. The Morgan fingerprint density at radius 2 is 2.38 bits per heavy atom. The Kier molecular flexibility index (Phi) is 3.82. The van der Waals surface area contributed by atoms with Crippen LogP contribution in [0, 0.1) is 0 Å². The first-order valence-corrected chi connectivity index (χ1v) is 4.12. The van der Waals surface area contributed by atoms with E-state index in [4.69, 9.17) is 4.74 Å². The summed E-state index contributed by atoms with van der Waals surface area (Å²) in [6.45, 7) is 0.597. The predicted molar refractivity (Wildman–Crippen MR) is 41.7 cm³/mol. The maximum atomic E-state index is 11.8. The molecule has 9 heteroatoms. The van der Waals surface area contributed by atoms with Crippen molar-refractivity contribution in [1.29, 1.82) is 0 Å². The number of ether oxygens (including phenoxy) is 1. The van der Waals surface area contributed by atoms with Gasteiger partial charge < -0.3 is 9.84 Å². The standard InChI is InChI=1S/C7H8F3N3O3/c1-15-3-2-13-4-5(16-12-13)11-6(14)7(8,9)10/h4H,2-3H2,1H3. The Hall–Kier alpha value is -1.64. The molecule has 0 atom stereocenters. The summed E-state index contributed by atoms with van der Waals surface area (Å²) in [5.74, 6) is -2.74. The summed E-state index contributed by atoms with van der Waals surface area (Å²) in [5, 5.41) is 13.8. The molecular weight excluding hydrogens is 231 g/mol. The zero-order valence-electron chi connectivity index (χ0n) is 8.19. The van der Waals surface area contributed by atoms with E-state index in [1.54, 1.807) is 0 Å². The zero-order valence-corrected chi connectivity index (χ0v) is 8.19. The van der Waals surface area contributed by atoms with Crippen molar-refractivity contribution in [3.8, 4) is 0 Å². The van der Waals surface area contributed by atoms with Gasteiger partial charge in [0.15, 0.2) is 0 Å². The van der Waals surface area contributed by atoms with Crippen molar-refractivity contribution in [2.24, 2.45) is 4.99 Å². The van der Waals surface area contributed by atoms with Crippen molar-refractivity contribution in [3.05, 3.63) is 6.20 Å². The molecule has 0 radical (unpaired) electrons. The average Bonchev–Trinajstić information content (AvgIpc) is 2.61. The Morgan fingerprint density at radius 1 is 1.69 bits per heavy atom. The normalized spacial score (nSPS) is 13.1. The number of rotatable bonds is 4. The summed E-state index contributed by atoms with van der Waals surface area (Å²) in [4.78, 5) is 2.70. The number of nitrogens with zero attached hydrogens (tertiary/aromatic N) is 3. The zero-order chi connectivity index (χ0) is 12.2. The fourth-order valence-corrected chi connectivity index (χ4v) is 0.772. The van der Waals surface area contributed by atoms with Crippen LogP contribution in [-0.2, 0) is 11.3 Å². The lowest BCUT2D eigenvalue weighted by molar-refractivity contribution is -0.763. The molecule has 1 aromatic rings. The second-order valence-electron chi connectivity index (χ2n) is 2.71. The third kappa shape index (κ3) is 3.50. The first kappa shape index (κ1) is 12.4. The number of alkyl halides is 3. The third-order valence-electron chi connectivity index (χ3n) is 1.48. The van der Waals surface area contributed by atoms with E-state index in [1.807, 2.05) is 0 Å². The van der Waals surface area contributed by atoms with Crippen LogP contribution < -0.4 is 9.79 Å². The van der Waals surface area contributed by atoms with Gasteiger partial charge in [0.2, 0.25) is 11.8 Å². The Labute approximate surface area is 87.9 Å². The van der Waals surface area contributed by atoms with E-state index in [2.05, 4.69) is 14.8 Å². The number of aliphatic imine (C=N–C) groups is 1. The first-order chi connectivity index (χ1) is 7.43. The van der Waals surface area contributed by atoms with Crippen LogP contribution in [0.1, 0.15) is 0 Å². The molecule has 1 aromatic heterocycles. The van der Waals surface area contributed by atoms with Crippen LogP contribution in [0.3, 0.4) is 0 Å². The molecule has 0 spiro atoms. The largest absolute Gasteiger partial charge is 0.855 e. The molecule has 1 heterocycles. The number of hydrogen-bond donors (Lipinski definition) is 0. The summed E-state index contributed by atoms with van der Waals surface area (Å²) >= 11 is 0. The molecule has 0 bridgehead atoms. The molecule has 1 rings (SSSR count). The van der Waals surface area contributed by atoms with E-state index in [-0.39, 0.29) is 6.54 Å². The van der Waals surface area contributed by atoms with Crippen LogP contribution in [0.2, 0.25) is 0 Å². The van der Waals surface area contributed by atoms with Crippen LogP contribution in [0.15, 0.2) is 15.7 Å². The highest BCUT2D eigenvalue weighted by Crippen LogP contribution is 2.17. The molecule has 90 valence electrons. The van der Waals surface area contributed by atoms with E-state index in [0.29, 0.717) is 6.61 Å². The van der Waals surface area contributed by atoms with Crippen molar-refractivity contribution >= 4 is 11.8 Å². The maximum Gasteiger partial charge on any atom is 0.419 e. The van der Waals surface area contributed by atoms with Gasteiger partial charge in [0.25, 0.3) is 6.20 Å². The topological polar surface area (TPSA) is 74.6 Å². The molecule has 0 aliphatic rings. The summed E-state index contributed by atoms with van der Waals surface area (Å²) < 4.78 is 45.7. The Balaban J connectivity index is 2.71. The molecule has 0 unspecified atom stereocenters. The third-order valence-corrected chi connectivity index (χ3v) is 1.48. The molecule has 0 N–H and O–H groups in total. The van der Waals surface area contributed by atoms with Crippen LogP contribution in [0.5, 0.6) is 0 Å². The highest BCUT2D eigenvalue weighted by Gasteiger charge is 2.29. The second kappa shape index (κ2) is 4.92. The maximum absolute atomic E-state index is 11.8. The van der Waals surface area contributed by atoms with Crippen LogP contribution in [0.4, 0.5) is 19.1 Å². The fourth-order valence-electron chi connectivity index (χ4n) is 0.772. The van der Waals surface area contributed by atoms with Crippen LogP contribution in [-0.4, -0.2) is 31.1 Å². The number of aromatic nitrogens is 2. The van der Waals surface area contributed by atoms with E-state index in [9.17, 15) is 18.3 Å².